The fourth-order valence-electron chi connectivity index (χ4n) is 3.68. The number of nitrogens with zero attached hydrogens (tertiary/aromatic N) is 3. The van der Waals surface area contributed by atoms with Gasteiger partial charge in [-0.05, 0) is 55.0 Å². The largest absolute Gasteiger partial charge is 0.493 e. The molecule has 6 nitrogen and oxygen atoms in total. The molecule has 0 aliphatic carbocycles. The normalized spacial score (nSPS) is 15.3. The van der Waals surface area contributed by atoms with Gasteiger partial charge >= 0.3 is 0 Å². The number of halogens is 1. The standard InChI is InChI=1S/C25H37N5O.HI/c1-20(2)19-31-24-9-7-21(8-10-24)11-15-28-25(26-3)29-22-12-16-30(17-13-22)18-23-6-4-5-14-27-23;/h4-10,14,20,22H,11-13,15-19H2,1-3H3,(H2,26,28,29);1H. The van der Waals surface area contributed by atoms with Crippen molar-refractivity contribution in [2.24, 2.45) is 10.9 Å². The van der Waals surface area contributed by atoms with Crippen LogP contribution < -0.4 is 15.4 Å². The highest BCUT2D eigenvalue weighted by atomic mass is 127. The molecule has 1 aromatic heterocycles. The predicted octanol–water partition coefficient (Wildman–Crippen LogP) is 4.11. The molecular formula is C25H38IN5O. The van der Waals surface area contributed by atoms with Gasteiger partial charge in [0.2, 0.25) is 0 Å². The average Bonchev–Trinajstić information content (AvgIpc) is 2.79. The number of aromatic nitrogens is 1. The van der Waals surface area contributed by atoms with Gasteiger partial charge in [0.25, 0.3) is 0 Å². The molecule has 0 unspecified atom stereocenters. The van der Waals surface area contributed by atoms with E-state index in [0.717, 1.165) is 69.5 Å². The third-order valence-corrected chi connectivity index (χ3v) is 5.48. The number of nitrogens with one attached hydrogen (secondary N) is 2. The molecule has 1 aliphatic heterocycles. The maximum Gasteiger partial charge on any atom is 0.191 e. The van der Waals surface area contributed by atoms with Crippen LogP contribution in [0.15, 0.2) is 53.7 Å². The van der Waals surface area contributed by atoms with Crippen LogP contribution in [0, 0.1) is 5.92 Å². The Morgan fingerprint density at radius 1 is 1.16 bits per heavy atom. The van der Waals surface area contributed by atoms with Crippen LogP contribution in [0.3, 0.4) is 0 Å². The summed E-state index contributed by atoms with van der Waals surface area (Å²) in [5.74, 6) is 2.37. The topological polar surface area (TPSA) is 61.8 Å². The molecule has 2 heterocycles. The molecule has 32 heavy (non-hydrogen) atoms. The molecule has 7 heteroatoms. The van der Waals surface area contributed by atoms with E-state index < -0.39 is 0 Å². The molecule has 0 atom stereocenters. The fraction of sp³-hybridized carbons (Fsp3) is 0.520. The third-order valence-electron chi connectivity index (χ3n) is 5.48. The summed E-state index contributed by atoms with van der Waals surface area (Å²) in [6.07, 6.45) is 5.05. The zero-order chi connectivity index (χ0) is 21.9. The molecule has 0 radical (unpaired) electrons. The van der Waals surface area contributed by atoms with E-state index in [1.165, 1.54) is 5.56 Å². The summed E-state index contributed by atoms with van der Waals surface area (Å²) in [5, 5.41) is 7.04. The van der Waals surface area contributed by atoms with E-state index in [9.17, 15) is 0 Å². The van der Waals surface area contributed by atoms with Gasteiger partial charge in [-0.1, -0.05) is 32.0 Å². The average molecular weight is 552 g/mol. The first-order chi connectivity index (χ1) is 15.1. The number of benzene rings is 1. The molecule has 1 aliphatic rings. The summed E-state index contributed by atoms with van der Waals surface area (Å²) >= 11 is 0. The Balaban J connectivity index is 0.00000363. The molecular weight excluding hydrogens is 513 g/mol. The first-order valence-corrected chi connectivity index (χ1v) is 11.4. The molecule has 1 saturated heterocycles. The number of piperidine rings is 1. The van der Waals surface area contributed by atoms with Gasteiger partial charge in [0.15, 0.2) is 5.96 Å². The molecule has 0 amide bonds. The van der Waals surface area contributed by atoms with E-state index in [-0.39, 0.29) is 24.0 Å². The summed E-state index contributed by atoms with van der Waals surface area (Å²) in [5.41, 5.74) is 2.44. The first kappa shape index (κ1) is 26.4. The van der Waals surface area contributed by atoms with Crippen LogP contribution in [0.2, 0.25) is 0 Å². The van der Waals surface area contributed by atoms with Crippen molar-refractivity contribution in [3.8, 4) is 5.75 Å². The minimum atomic E-state index is 0. The Hall–Kier alpha value is -1.87. The van der Waals surface area contributed by atoms with E-state index >= 15 is 0 Å². The lowest BCUT2D eigenvalue weighted by Gasteiger charge is -2.32. The minimum absolute atomic E-state index is 0. The number of likely N-dealkylation sites (tertiary alicyclic amines) is 1. The molecule has 1 aromatic carbocycles. The molecule has 0 bridgehead atoms. The first-order valence-electron chi connectivity index (χ1n) is 11.4. The lowest BCUT2D eigenvalue weighted by molar-refractivity contribution is 0.196. The van der Waals surface area contributed by atoms with Gasteiger partial charge in [0.05, 0.1) is 12.3 Å². The Bertz CT molecular complexity index is 790. The van der Waals surface area contributed by atoms with Gasteiger partial charge in [-0.15, -0.1) is 24.0 Å². The highest BCUT2D eigenvalue weighted by Gasteiger charge is 2.20. The molecule has 2 aromatic rings. The van der Waals surface area contributed by atoms with Gasteiger partial charge in [-0.2, -0.15) is 0 Å². The zero-order valence-electron chi connectivity index (χ0n) is 19.6. The molecule has 0 saturated carbocycles. The predicted molar refractivity (Wildman–Crippen MR) is 143 cm³/mol. The Labute approximate surface area is 210 Å². The Morgan fingerprint density at radius 3 is 2.53 bits per heavy atom. The van der Waals surface area contributed by atoms with E-state index in [1.807, 2.05) is 19.3 Å². The van der Waals surface area contributed by atoms with Crippen LogP contribution in [-0.4, -0.2) is 55.2 Å². The number of guanidine groups is 1. The molecule has 3 rings (SSSR count). The van der Waals surface area contributed by atoms with Gasteiger partial charge in [0, 0.05) is 45.5 Å². The number of rotatable bonds is 9. The van der Waals surface area contributed by atoms with Crippen molar-refractivity contribution in [1.29, 1.82) is 0 Å². The van der Waals surface area contributed by atoms with E-state index in [4.69, 9.17) is 4.74 Å². The summed E-state index contributed by atoms with van der Waals surface area (Å²) in [6, 6.07) is 15.0. The van der Waals surface area contributed by atoms with Gasteiger partial charge in [0.1, 0.15) is 5.75 Å². The third kappa shape index (κ3) is 9.32. The lowest BCUT2D eigenvalue weighted by Crippen LogP contribution is -2.48. The maximum absolute atomic E-state index is 5.76. The van der Waals surface area contributed by atoms with Crippen molar-refractivity contribution in [1.82, 2.24) is 20.5 Å². The molecule has 176 valence electrons. The number of pyridine rings is 1. The summed E-state index contributed by atoms with van der Waals surface area (Å²) < 4.78 is 5.76. The summed E-state index contributed by atoms with van der Waals surface area (Å²) in [7, 11) is 1.84. The van der Waals surface area contributed by atoms with Crippen LogP contribution in [0.25, 0.3) is 0 Å². The summed E-state index contributed by atoms with van der Waals surface area (Å²) in [6.45, 7) is 9.02. The van der Waals surface area contributed by atoms with Crippen LogP contribution in [0.1, 0.15) is 37.9 Å². The smallest absolute Gasteiger partial charge is 0.191 e. The van der Waals surface area contributed by atoms with Crippen LogP contribution >= 0.6 is 24.0 Å². The Kier molecular flexibility index (Phi) is 11.8. The maximum atomic E-state index is 5.76. The fourth-order valence-corrected chi connectivity index (χ4v) is 3.68. The van der Waals surface area contributed by atoms with Crippen molar-refractivity contribution in [2.45, 2.75) is 45.7 Å². The quantitative estimate of drug-likeness (QED) is 0.279. The van der Waals surface area contributed by atoms with Crippen molar-refractivity contribution in [3.05, 3.63) is 59.9 Å². The SMILES string of the molecule is CN=C(NCCc1ccc(OCC(C)C)cc1)NC1CCN(Cc2ccccn2)CC1.I. The van der Waals surface area contributed by atoms with Crippen molar-refractivity contribution in [2.75, 3.05) is 33.3 Å². The molecule has 1 fully saturated rings. The zero-order valence-corrected chi connectivity index (χ0v) is 21.9. The number of aliphatic imine (C=N–C) groups is 1. The minimum Gasteiger partial charge on any atom is -0.493 e. The Morgan fingerprint density at radius 2 is 1.91 bits per heavy atom. The number of hydrogen-bond donors (Lipinski definition) is 2. The number of ether oxygens (including phenoxy) is 1. The second-order valence-electron chi connectivity index (χ2n) is 8.61. The highest BCUT2D eigenvalue weighted by Crippen LogP contribution is 2.14. The molecule has 0 spiro atoms. The molecule has 2 N–H and O–H groups in total. The van der Waals surface area contributed by atoms with Crippen LogP contribution in [0.5, 0.6) is 5.75 Å². The van der Waals surface area contributed by atoms with Crippen molar-refractivity contribution >= 4 is 29.9 Å². The van der Waals surface area contributed by atoms with E-state index in [1.54, 1.807) is 0 Å². The van der Waals surface area contributed by atoms with Gasteiger partial charge < -0.3 is 15.4 Å². The lowest BCUT2D eigenvalue weighted by atomic mass is 10.0. The van der Waals surface area contributed by atoms with Crippen LogP contribution in [-0.2, 0) is 13.0 Å². The van der Waals surface area contributed by atoms with E-state index in [2.05, 4.69) is 75.8 Å². The van der Waals surface area contributed by atoms with Gasteiger partial charge in [-0.25, -0.2) is 0 Å². The van der Waals surface area contributed by atoms with Crippen LogP contribution in [0.4, 0.5) is 0 Å². The number of hydrogen-bond acceptors (Lipinski definition) is 4. The highest BCUT2D eigenvalue weighted by molar-refractivity contribution is 14.0. The second kappa shape index (κ2) is 14.3. The summed E-state index contributed by atoms with van der Waals surface area (Å²) in [4.78, 5) is 11.3. The van der Waals surface area contributed by atoms with Crippen molar-refractivity contribution in [3.63, 3.8) is 0 Å². The van der Waals surface area contributed by atoms with Gasteiger partial charge in [-0.3, -0.25) is 14.9 Å². The van der Waals surface area contributed by atoms with E-state index in [0.29, 0.717) is 12.0 Å². The monoisotopic (exact) mass is 551 g/mol. The van der Waals surface area contributed by atoms with Crippen molar-refractivity contribution < 1.29 is 4.74 Å². The second-order valence-corrected chi connectivity index (χ2v) is 8.61.